The number of unbranched alkanes of at least 4 members (excludes halogenated alkanes) is 2. The summed E-state index contributed by atoms with van der Waals surface area (Å²) in [6.45, 7) is 11.0. The minimum atomic E-state index is 1.04. The third-order valence-electron chi connectivity index (χ3n) is 3.52. The van der Waals surface area contributed by atoms with Crippen LogP contribution in [-0.4, -0.2) is 16.3 Å². The van der Waals surface area contributed by atoms with E-state index in [1.165, 1.54) is 43.8 Å². The Morgan fingerprint density at radius 2 is 1.65 bits per heavy atom. The lowest BCUT2D eigenvalue weighted by molar-refractivity contribution is -0.759. The summed E-state index contributed by atoms with van der Waals surface area (Å²) in [6.07, 6.45) is 9.32. The van der Waals surface area contributed by atoms with Gasteiger partial charge >= 0.3 is 5.82 Å². The highest BCUT2D eigenvalue weighted by Gasteiger charge is 2.24. The van der Waals surface area contributed by atoms with Crippen LogP contribution in [0.25, 0.3) is 0 Å². The molecule has 4 heteroatoms. The molecule has 1 heterocycles. The summed E-state index contributed by atoms with van der Waals surface area (Å²) in [4.78, 5) is 0. The SMILES string of the molecule is CCCCNn1c(CCC)n[n+](CCCC)c1CCC. The smallest absolute Gasteiger partial charge is 0.254 e. The van der Waals surface area contributed by atoms with E-state index in [1.54, 1.807) is 0 Å². The maximum Gasteiger partial charge on any atom is 0.302 e. The molecule has 0 fully saturated rings. The molecule has 0 spiro atoms. The van der Waals surface area contributed by atoms with Gasteiger partial charge in [0, 0.05) is 6.42 Å². The average Bonchev–Trinajstić information content (AvgIpc) is 2.76. The van der Waals surface area contributed by atoms with Gasteiger partial charge in [-0.25, -0.2) is 0 Å². The van der Waals surface area contributed by atoms with Crippen LogP contribution in [0, 0.1) is 0 Å². The first kappa shape index (κ1) is 17.0. The molecule has 0 amide bonds. The van der Waals surface area contributed by atoms with Crippen LogP contribution in [0.5, 0.6) is 0 Å². The first-order valence-corrected chi connectivity index (χ1v) is 8.52. The zero-order valence-electron chi connectivity index (χ0n) is 13.9. The molecule has 0 aromatic carbocycles. The predicted octanol–water partition coefficient (Wildman–Crippen LogP) is 3.22. The highest BCUT2D eigenvalue weighted by molar-refractivity contribution is 4.95. The molecule has 20 heavy (non-hydrogen) atoms. The van der Waals surface area contributed by atoms with Gasteiger partial charge in [0.25, 0.3) is 5.82 Å². The Balaban J connectivity index is 2.95. The van der Waals surface area contributed by atoms with E-state index in [0.29, 0.717) is 0 Å². The Bertz CT molecular complexity index is 371. The molecule has 0 atom stereocenters. The molecule has 1 aromatic rings. The van der Waals surface area contributed by atoms with Crippen LogP contribution in [0.15, 0.2) is 0 Å². The lowest BCUT2D eigenvalue weighted by Crippen LogP contribution is -2.41. The van der Waals surface area contributed by atoms with Gasteiger partial charge in [-0.2, -0.15) is 0 Å². The van der Waals surface area contributed by atoms with Crippen molar-refractivity contribution in [3.8, 4) is 0 Å². The molecule has 1 aromatic heterocycles. The number of hydrogen-bond acceptors (Lipinski definition) is 2. The van der Waals surface area contributed by atoms with Crippen molar-refractivity contribution in [2.45, 2.75) is 85.6 Å². The van der Waals surface area contributed by atoms with E-state index in [-0.39, 0.29) is 0 Å². The van der Waals surface area contributed by atoms with Crippen LogP contribution in [0.3, 0.4) is 0 Å². The van der Waals surface area contributed by atoms with E-state index in [0.717, 1.165) is 32.4 Å². The summed E-state index contributed by atoms with van der Waals surface area (Å²) in [6, 6.07) is 0. The van der Waals surface area contributed by atoms with Crippen molar-refractivity contribution >= 4 is 0 Å². The fourth-order valence-electron chi connectivity index (χ4n) is 2.39. The molecule has 0 unspecified atom stereocenters. The summed E-state index contributed by atoms with van der Waals surface area (Å²) in [5.41, 5.74) is 3.58. The maximum absolute atomic E-state index is 4.85. The van der Waals surface area contributed by atoms with Gasteiger partial charge in [0.05, 0.1) is 13.0 Å². The molecular weight excluding hydrogens is 248 g/mol. The van der Waals surface area contributed by atoms with Crippen molar-refractivity contribution in [1.29, 1.82) is 0 Å². The van der Waals surface area contributed by atoms with Gasteiger partial charge < -0.3 is 0 Å². The second kappa shape index (κ2) is 9.78. The molecule has 1 rings (SSSR count). The van der Waals surface area contributed by atoms with Crippen LogP contribution in [0.1, 0.15) is 77.9 Å². The molecule has 4 nitrogen and oxygen atoms in total. The Kier molecular flexibility index (Phi) is 8.31. The normalized spacial score (nSPS) is 11.0. The van der Waals surface area contributed by atoms with E-state index < -0.39 is 0 Å². The number of nitrogens with one attached hydrogen (secondary N) is 1. The van der Waals surface area contributed by atoms with E-state index in [2.05, 4.69) is 42.5 Å². The van der Waals surface area contributed by atoms with Gasteiger partial charge in [0.1, 0.15) is 6.54 Å². The van der Waals surface area contributed by atoms with Crippen LogP contribution in [0.2, 0.25) is 0 Å². The summed E-state index contributed by atoms with van der Waals surface area (Å²) in [5, 5.41) is 4.85. The molecule has 0 bridgehead atoms. The van der Waals surface area contributed by atoms with E-state index in [9.17, 15) is 0 Å². The van der Waals surface area contributed by atoms with Crippen LogP contribution < -0.4 is 10.1 Å². The van der Waals surface area contributed by atoms with Crippen molar-refractivity contribution in [1.82, 2.24) is 9.77 Å². The number of nitrogens with zero attached hydrogens (tertiary/aromatic N) is 3. The molecule has 0 radical (unpaired) electrons. The maximum atomic E-state index is 4.85. The predicted molar refractivity (Wildman–Crippen MR) is 84.5 cm³/mol. The number of hydrogen-bond donors (Lipinski definition) is 1. The molecule has 0 aliphatic carbocycles. The molecule has 0 aliphatic rings. The monoisotopic (exact) mass is 281 g/mol. The van der Waals surface area contributed by atoms with E-state index in [1.807, 2.05) is 0 Å². The van der Waals surface area contributed by atoms with Gasteiger partial charge in [-0.05, 0) is 30.8 Å². The Hall–Kier alpha value is -1.06. The minimum Gasteiger partial charge on any atom is -0.254 e. The van der Waals surface area contributed by atoms with Crippen molar-refractivity contribution in [3.05, 3.63) is 11.6 Å². The van der Waals surface area contributed by atoms with Crippen molar-refractivity contribution in [2.24, 2.45) is 0 Å². The lowest BCUT2D eigenvalue weighted by atomic mass is 10.3. The number of rotatable bonds is 11. The van der Waals surface area contributed by atoms with Gasteiger partial charge in [0.15, 0.2) is 0 Å². The zero-order chi connectivity index (χ0) is 14.8. The summed E-state index contributed by atoms with van der Waals surface area (Å²) < 4.78 is 4.51. The van der Waals surface area contributed by atoms with Gasteiger partial charge in [-0.15, -0.1) is 9.36 Å². The Morgan fingerprint density at radius 3 is 2.25 bits per heavy atom. The molecule has 0 saturated heterocycles. The Labute approximate surface area is 124 Å². The van der Waals surface area contributed by atoms with Gasteiger partial charge in [-0.1, -0.05) is 40.5 Å². The Morgan fingerprint density at radius 1 is 0.950 bits per heavy atom. The molecule has 0 saturated carbocycles. The molecule has 1 N–H and O–H groups in total. The highest BCUT2D eigenvalue weighted by atomic mass is 15.5. The quantitative estimate of drug-likeness (QED) is 0.499. The van der Waals surface area contributed by atoms with E-state index >= 15 is 0 Å². The van der Waals surface area contributed by atoms with Crippen molar-refractivity contribution in [2.75, 3.05) is 12.0 Å². The summed E-state index contributed by atoms with van der Waals surface area (Å²) in [5.74, 6) is 2.55. The third kappa shape index (κ3) is 4.80. The fraction of sp³-hybridized carbons (Fsp3) is 0.875. The molecule has 0 aliphatic heterocycles. The zero-order valence-corrected chi connectivity index (χ0v) is 13.9. The van der Waals surface area contributed by atoms with Gasteiger partial charge in [-0.3, -0.25) is 5.43 Å². The summed E-state index contributed by atoms with van der Waals surface area (Å²) >= 11 is 0. The van der Waals surface area contributed by atoms with Crippen LogP contribution >= 0.6 is 0 Å². The topological polar surface area (TPSA) is 33.7 Å². The molecule has 116 valence electrons. The number of aromatic nitrogens is 3. The second-order valence-electron chi connectivity index (χ2n) is 5.51. The molecular formula is C16H33N4+. The van der Waals surface area contributed by atoms with Crippen molar-refractivity contribution in [3.63, 3.8) is 0 Å². The third-order valence-corrected chi connectivity index (χ3v) is 3.52. The fourth-order valence-corrected chi connectivity index (χ4v) is 2.39. The first-order chi connectivity index (χ1) is 9.78. The van der Waals surface area contributed by atoms with E-state index in [4.69, 9.17) is 5.10 Å². The van der Waals surface area contributed by atoms with Gasteiger partial charge in [0.2, 0.25) is 0 Å². The summed E-state index contributed by atoms with van der Waals surface area (Å²) in [7, 11) is 0. The largest absolute Gasteiger partial charge is 0.302 e. The number of aryl methyl sites for hydroxylation is 2. The van der Waals surface area contributed by atoms with Crippen LogP contribution in [0.4, 0.5) is 0 Å². The van der Waals surface area contributed by atoms with Crippen molar-refractivity contribution < 1.29 is 4.68 Å². The first-order valence-electron chi connectivity index (χ1n) is 8.52. The average molecular weight is 281 g/mol. The second-order valence-corrected chi connectivity index (χ2v) is 5.51. The standard InChI is InChI=1S/C16H33N4/c1-5-9-13-17-20-15(11-7-3)18-19(14-10-6-2)16(20)12-8-4/h17H,5-14H2,1-4H3/q+1. The van der Waals surface area contributed by atoms with Crippen LogP contribution in [-0.2, 0) is 19.4 Å². The lowest BCUT2D eigenvalue weighted by Gasteiger charge is -2.05. The highest BCUT2D eigenvalue weighted by Crippen LogP contribution is 2.05. The minimum absolute atomic E-state index is 1.04.